The normalized spacial score (nSPS) is 30.8. The lowest BCUT2D eigenvalue weighted by Gasteiger charge is -2.42. The zero-order valence-corrected chi connectivity index (χ0v) is 11.1. The van der Waals surface area contributed by atoms with Gasteiger partial charge in [0.1, 0.15) is 0 Å². The molecule has 1 saturated heterocycles. The minimum Gasteiger partial charge on any atom is -0.313 e. The van der Waals surface area contributed by atoms with E-state index in [1.165, 1.54) is 19.4 Å². The summed E-state index contributed by atoms with van der Waals surface area (Å²) in [5.74, 6) is 0.861. The summed E-state index contributed by atoms with van der Waals surface area (Å²) in [4.78, 5) is 2.67. The van der Waals surface area contributed by atoms with Crippen LogP contribution in [-0.2, 0) is 0 Å². The Bertz CT molecular complexity index is 179. The zero-order valence-electron chi connectivity index (χ0n) is 11.1. The number of nitrogens with one attached hydrogen (secondary N) is 1. The Hall–Kier alpha value is -0.0800. The van der Waals surface area contributed by atoms with Crippen molar-refractivity contribution in [3.63, 3.8) is 0 Å². The molecule has 1 fully saturated rings. The van der Waals surface area contributed by atoms with Gasteiger partial charge in [-0.2, -0.15) is 0 Å². The molecule has 15 heavy (non-hydrogen) atoms. The quantitative estimate of drug-likeness (QED) is 0.770. The standard InChI is InChI=1S/C13H28N2/c1-10(2)14-9-12(4)15-8-6-7-11(3)13(15)5/h10-14H,6-9H2,1-5H3. The van der Waals surface area contributed by atoms with Crippen molar-refractivity contribution >= 4 is 0 Å². The third-order valence-corrected chi connectivity index (χ3v) is 3.81. The molecule has 0 spiro atoms. The predicted octanol–water partition coefficient (Wildman–Crippen LogP) is 2.49. The fraction of sp³-hybridized carbons (Fsp3) is 1.00. The maximum absolute atomic E-state index is 3.54. The summed E-state index contributed by atoms with van der Waals surface area (Å²) in [5, 5.41) is 3.54. The molecule has 0 amide bonds. The molecule has 1 N–H and O–H groups in total. The highest BCUT2D eigenvalue weighted by molar-refractivity contribution is 4.83. The van der Waals surface area contributed by atoms with Crippen LogP contribution in [0, 0.1) is 5.92 Å². The van der Waals surface area contributed by atoms with Crippen molar-refractivity contribution in [3.8, 4) is 0 Å². The third-order valence-electron chi connectivity index (χ3n) is 3.81. The van der Waals surface area contributed by atoms with E-state index < -0.39 is 0 Å². The van der Waals surface area contributed by atoms with E-state index in [9.17, 15) is 0 Å². The van der Waals surface area contributed by atoms with Crippen LogP contribution in [0.15, 0.2) is 0 Å². The third kappa shape index (κ3) is 3.76. The number of likely N-dealkylation sites (tertiary alicyclic amines) is 1. The van der Waals surface area contributed by atoms with Gasteiger partial charge >= 0.3 is 0 Å². The highest BCUT2D eigenvalue weighted by Gasteiger charge is 2.27. The fourth-order valence-corrected chi connectivity index (χ4v) is 2.51. The predicted molar refractivity (Wildman–Crippen MR) is 67.2 cm³/mol. The van der Waals surface area contributed by atoms with Crippen molar-refractivity contribution in [2.45, 2.75) is 65.6 Å². The first kappa shape index (κ1) is 13.0. The van der Waals surface area contributed by atoms with Crippen LogP contribution in [0.1, 0.15) is 47.5 Å². The smallest absolute Gasteiger partial charge is 0.0195 e. The van der Waals surface area contributed by atoms with Gasteiger partial charge in [0.25, 0.3) is 0 Å². The van der Waals surface area contributed by atoms with Crippen molar-refractivity contribution in [1.82, 2.24) is 10.2 Å². The summed E-state index contributed by atoms with van der Waals surface area (Å²) >= 11 is 0. The number of rotatable bonds is 4. The Morgan fingerprint density at radius 3 is 2.53 bits per heavy atom. The van der Waals surface area contributed by atoms with Crippen LogP contribution in [0.3, 0.4) is 0 Å². The van der Waals surface area contributed by atoms with Gasteiger partial charge in [-0.25, -0.2) is 0 Å². The zero-order chi connectivity index (χ0) is 11.4. The molecule has 0 saturated carbocycles. The molecule has 3 unspecified atom stereocenters. The van der Waals surface area contributed by atoms with Gasteiger partial charge in [-0.15, -0.1) is 0 Å². The van der Waals surface area contributed by atoms with Crippen LogP contribution < -0.4 is 5.32 Å². The maximum Gasteiger partial charge on any atom is 0.0195 e. The Morgan fingerprint density at radius 2 is 1.93 bits per heavy atom. The molecule has 1 aliphatic heterocycles. The van der Waals surface area contributed by atoms with E-state index >= 15 is 0 Å². The lowest BCUT2D eigenvalue weighted by molar-refractivity contribution is 0.0744. The minimum absolute atomic E-state index is 0.602. The number of nitrogens with zero attached hydrogens (tertiary/aromatic N) is 1. The van der Waals surface area contributed by atoms with E-state index in [0.29, 0.717) is 12.1 Å². The monoisotopic (exact) mass is 212 g/mol. The molecule has 0 aromatic heterocycles. The molecule has 2 nitrogen and oxygen atoms in total. The number of piperidine rings is 1. The van der Waals surface area contributed by atoms with Crippen LogP contribution in [-0.4, -0.2) is 36.1 Å². The van der Waals surface area contributed by atoms with Gasteiger partial charge in [0.15, 0.2) is 0 Å². The van der Waals surface area contributed by atoms with Crippen LogP contribution in [0.2, 0.25) is 0 Å². The highest BCUT2D eigenvalue weighted by Crippen LogP contribution is 2.24. The molecule has 0 aliphatic carbocycles. The summed E-state index contributed by atoms with van der Waals surface area (Å²) in [6.07, 6.45) is 2.78. The van der Waals surface area contributed by atoms with Gasteiger partial charge in [-0.05, 0) is 39.2 Å². The molecule has 1 rings (SSSR count). The summed E-state index contributed by atoms with van der Waals surface area (Å²) in [6.45, 7) is 14.0. The van der Waals surface area contributed by atoms with Gasteiger partial charge in [0, 0.05) is 24.7 Å². The van der Waals surface area contributed by atoms with Crippen LogP contribution in [0.4, 0.5) is 0 Å². The maximum atomic E-state index is 3.54. The minimum atomic E-state index is 0.602. The van der Waals surface area contributed by atoms with Crippen LogP contribution in [0.25, 0.3) is 0 Å². The van der Waals surface area contributed by atoms with Gasteiger partial charge < -0.3 is 5.32 Å². The SMILES string of the molecule is CC(C)NCC(C)N1CCCC(C)C1C. The van der Waals surface area contributed by atoms with E-state index in [1.807, 2.05) is 0 Å². The van der Waals surface area contributed by atoms with E-state index in [0.717, 1.165) is 18.5 Å². The topological polar surface area (TPSA) is 15.3 Å². The molecule has 90 valence electrons. The first-order chi connectivity index (χ1) is 7.02. The van der Waals surface area contributed by atoms with E-state index in [-0.39, 0.29) is 0 Å². The van der Waals surface area contributed by atoms with Crippen molar-refractivity contribution < 1.29 is 0 Å². The highest BCUT2D eigenvalue weighted by atomic mass is 15.2. The summed E-state index contributed by atoms with van der Waals surface area (Å²) in [7, 11) is 0. The number of hydrogen-bond acceptors (Lipinski definition) is 2. The molecule has 2 heteroatoms. The lowest BCUT2D eigenvalue weighted by atomic mass is 9.91. The van der Waals surface area contributed by atoms with Crippen molar-refractivity contribution in [2.75, 3.05) is 13.1 Å². The molecule has 0 aromatic rings. The Labute approximate surface area is 95.4 Å². The van der Waals surface area contributed by atoms with Crippen molar-refractivity contribution in [3.05, 3.63) is 0 Å². The molecule has 3 atom stereocenters. The second-order valence-corrected chi connectivity index (χ2v) is 5.51. The van der Waals surface area contributed by atoms with Gasteiger partial charge in [-0.1, -0.05) is 20.8 Å². The number of hydrogen-bond donors (Lipinski definition) is 1. The van der Waals surface area contributed by atoms with Crippen molar-refractivity contribution in [2.24, 2.45) is 5.92 Å². The molecular weight excluding hydrogens is 184 g/mol. The summed E-state index contributed by atoms with van der Waals surface area (Å²) in [6, 6.07) is 2.03. The second-order valence-electron chi connectivity index (χ2n) is 5.51. The second kappa shape index (κ2) is 5.86. The fourth-order valence-electron chi connectivity index (χ4n) is 2.51. The molecule has 1 heterocycles. The largest absolute Gasteiger partial charge is 0.313 e. The lowest BCUT2D eigenvalue weighted by Crippen LogP contribution is -2.51. The summed E-state index contributed by atoms with van der Waals surface area (Å²) in [5.41, 5.74) is 0. The van der Waals surface area contributed by atoms with Gasteiger partial charge in [0.05, 0.1) is 0 Å². The first-order valence-corrected chi connectivity index (χ1v) is 6.51. The van der Waals surface area contributed by atoms with E-state index in [4.69, 9.17) is 0 Å². The Balaban J connectivity index is 2.39. The van der Waals surface area contributed by atoms with E-state index in [1.54, 1.807) is 0 Å². The first-order valence-electron chi connectivity index (χ1n) is 6.51. The average Bonchev–Trinajstić information content (AvgIpc) is 2.18. The molecular formula is C13H28N2. The Morgan fingerprint density at radius 1 is 1.27 bits per heavy atom. The molecule has 0 bridgehead atoms. The van der Waals surface area contributed by atoms with Crippen LogP contribution >= 0.6 is 0 Å². The average molecular weight is 212 g/mol. The van der Waals surface area contributed by atoms with Gasteiger partial charge in [0.2, 0.25) is 0 Å². The van der Waals surface area contributed by atoms with Crippen LogP contribution in [0.5, 0.6) is 0 Å². The molecule has 0 radical (unpaired) electrons. The van der Waals surface area contributed by atoms with E-state index in [2.05, 4.69) is 44.8 Å². The van der Waals surface area contributed by atoms with Gasteiger partial charge in [-0.3, -0.25) is 4.90 Å². The summed E-state index contributed by atoms with van der Waals surface area (Å²) < 4.78 is 0. The molecule has 0 aromatic carbocycles. The van der Waals surface area contributed by atoms with Crippen molar-refractivity contribution in [1.29, 1.82) is 0 Å². The Kier molecular flexibility index (Phi) is 5.07. The molecule has 1 aliphatic rings.